The molecule has 0 saturated heterocycles. The number of aromatic nitrogens is 3. The maximum atomic E-state index is 12.3. The Labute approximate surface area is 141 Å². The highest BCUT2D eigenvalue weighted by Crippen LogP contribution is 2.21. The second-order valence-electron chi connectivity index (χ2n) is 5.80. The molecule has 122 valence electrons. The van der Waals surface area contributed by atoms with Crippen LogP contribution in [0.1, 0.15) is 33.0 Å². The first-order valence-corrected chi connectivity index (χ1v) is 7.87. The van der Waals surface area contributed by atoms with Crippen LogP contribution in [0.2, 0.25) is 0 Å². The zero-order valence-electron chi connectivity index (χ0n) is 14.1. The molecular weight excluding hydrogens is 300 g/mol. The third-order valence-electron chi connectivity index (χ3n) is 4.10. The number of carbonyl (C=O) groups excluding carboxylic acids is 1. The van der Waals surface area contributed by atoms with E-state index in [9.17, 15) is 4.79 Å². The van der Waals surface area contributed by atoms with Gasteiger partial charge in [-0.1, -0.05) is 30.3 Å². The first-order chi connectivity index (χ1) is 11.6. The highest BCUT2D eigenvalue weighted by atomic mass is 16.1. The second kappa shape index (κ2) is 6.66. The third kappa shape index (κ3) is 3.20. The van der Waals surface area contributed by atoms with Crippen molar-refractivity contribution in [3.8, 4) is 0 Å². The minimum absolute atomic E-state index is 0.225. The molecule has 1 amide bonds. The van der Waals surface area contributed by atoms with E-state index in [1.54, 1.807) is 24.4 Å². The predicted molar refractivity (Wildman–Crippen MR) is 94.2 cm³/mol. The number of hydrogen-bond acceptors (Lipinski definition) is 3. The summed E-state index contributed by atoms with van der Waals surface area (Å²) < 4.78 is 1.92. The Morgan fingerprint density at radius 2 is 1.83 bits per heavy atom. The maximum absolute atomic E-state index is 12.3. The summed E-state index contributed by atoms with van der Waals surface area (Å²) >= 11 is 0. The molecule has 2 heterocycles. The molecule has 0 radical (unpaired) electrons. The average molecular weight is 320 g/mol. The van der Waals surface area contributed by atoms with E-state index in [-0.39, 0.29) is 5.91 Å². The molecule has 1 N–H and O–H groups in total. The van der Waals surface area contributed by atoms with Gasteiger partial charge in [0.15, 0.2) is 0 Å². The molecule has 5 nitrogen and oxygen atoms in total. The van der Waals surface area contributed by atoms with Crippen molar-refractivity contribution in [1.29, 1.82) is 0 Å². The van der Waals surface area contributed by atoms with Crippen molar-refractivity contribution in [3.05, 3.63) is 76.9 Å². The van der Waals surface area contributed by atoms with E-state index in [2.05, 4.69) is 34.5 Å². The monoisotopic (exact) mass is 320 g/mol. The highest BCUT2D eigenvalue weighted by Gasteiger charge is 2.16. The summed E-state index contributed by atoms with van der Waals surface area (Å²) in [5.74, 6) is -0.225. The Morgan fingerprint density at radius 3 is 2.54 bits per heavy atom. The topological polar surface area (TPSA) is 59.8 Å². The van der Waals surface area contributed by atoms with Gasteiger partial charge in [0.1, 0.15) is 5.69 Å². The molecule has 0 aliphatic heterocycles. The van der Waals surface area contributed by atoms with Crippen molar-refractivity contribution in [2.24, 2.45) is 0 Å². The first kappa shape index (κ1) is 15.9. The lowest BCUT2D eigenvalue weighted by Gasteiger charge is -2.09. The van der Waals surface area contributed by atoms with Crippen molar-refractivity contribution in [2.75, 3.05) is 5.32 Å². The Kier molecular flexibility index (Phi) is 4.42. The van der Waals surface area contributed by atoms with Crippen LogP contribution in [0.4, 0.5) is 5.69 Å². The molecule has 0 unspecified atom stereocenters. The zero-order valence-corrected chi connectivity index (χ0v) is 14.1. The van der Waals surface area contributed by atoms with Crippen molar-refractivity contribution < 1.29 is 4.79 Å². The van der Waals surface area contributed by atoms with Gasteiger partial charge in [0, 0.05) is 6.20 Å². The van der Waals surface area contributed by atoms with E-state index in [0.717, 1.165) is 17.1 Å². The Hall–Kier alpha value is -2.95. The summed E-state index contributed by atoms with van der Waals surface area (Å²) in [6.45, 7) is 6.63. The lowest BCUT2D eigenvalue weighted by molar-refractivity contribution is 0.102. The Morgan fingerprint density at radius 1 is 1.08 bits per heavy atom. The molecule has 5 heteroatoms. The number of benzene rings is 1. The highest BCUT2D eigenvalue weighted by molar-refractivity contribution is 6.03. The summed E-state index contributed by atoms with van der Waals surface area (Å²) in [5, 5.41) is 7.51. The van der Waals surface area contributed by atoms with Crippen LogP contribution in [-0.2, 0) is 6.54 Å². The van der Waals surface area contributed by atoms with E-state index in [0.29, 0.717) is 12.2 Å². The van der Waals surface area contributed by atoms with E-state index >= 15 is 0 Å². The van der Waals surface area contributed by atoms with Gasteiger partial charge < -0.3 is 5.32 Å². The van der Waals surface area contributed by atoms with Crippen molar-refractivity contribution in [2.45, 2.75) is 27.3 Å². The second-order valence-corrected chi connectivity index (χ2v) is 5.80. The summed E-state index contributed by atoms with van der Waals surface area (Å²) in [6.07, 6.45) is 1.61. The van der Waals surface area contributed by atoms with Crippen LogP contribution in [-0.4, -0.2) is 20.7 Å². The van der Waals surface area contributed by atoms with Gasteiger partial charge in [-0.3, -0.25) is 14.5 Å². The lowest BCUT2D eigenvalue weighted by Crippen LogP contribution is -2.14. The zero-order chi connectivity index (χ0) is 17.1. The lowest BCUT2D eigenvalue weighted by atomic mass is 10.1. The number of amides is 1. The number of carbonyl (C=O) groups is 1. The average Bonchev–Trinajstić information content (AvgIpc) is 2.85. The normalized spacial score (nSPS) is 10.6. The fraction of sp³-hybridized carbons (Fsp3) is 0.211. The number of nitrogens with one attached hydrogen (secondary N) is 1. The predicted octanol–water partition coefficient (Wildman–Crippen LogP) is 3.50. The number of nitrogens with zero attached hydrogens (tertiary/aromatic N) is 3. The van der Waals surface area contributed by atoms with Crippen molar-refractivity contribution in [1.82, 2.24) is 14.8 Å². The molecular formula is C19H20N4O. The molecule has 0 bridgehead atoms. The summed E-state index contributed by atoms with van der Waals surface area (Å²) in [4.78, 5) is 16.4. The quantitative estimate of drug-likeness (QED) is 0.800. The minimum atomic E-state index is -0.225. The van der Waals surface area contributed by atoms with Gasteiger partial charge >= 0.3 is 0 Å². The van der Waals surface area contributed by atoms with Crippen LogP contribution in [0, 0.1) is 20.8 Å². The molecule has 0 atom stereocenters. The standard InChI is InChI=1S/C19H20N4O/c1-13-8-4-5-9-16(13)12-23-15(3)18(14(2)22-23)21-19(24)17-10-6-7-11-20-17/h4-11H,12H2,1-3H3,(H,21,24). The van der Waals surface area contributed by atoms with E-state index < -0.39 is 0 Å². The Bertz CT molecular complexity index is 868. The molecule has 0 spiro atoms. The summed E-state index contributed by atoms with van der Waals surface area (Å²) in [6, 6.07) is 13.5. The molecule has 24 heavy (non-hydrogen) atoms. The molecule has 0 fully saturated rings. The fourth-order valence-corrected chi connectivity index (χ4v) is 2.66. The number of aryl methyl sites for hydroxylation is 2. The first-order valence-electron chi connectivity index (χ1n) is 7.87. The van der Waals surface area contributed by atoms with Gasteiger partial charge in [-0.25, -0.2) is 0 Å². The summed E-state index contributed by atoms with van der Waals surface area (Å²) in [5.41, 5.74) is 5.31. The van der Waals surface area contributed by atoms with Crippen LogP contribution in [0.25, 0.3) is 0 Å². The smallest absolute Gasteiger partial charge is 0.274 e. The van der Waals surface area contributed by atoms with E-state index in [1.807, 2.05) is 30.7 Å². The largest absolute Gasteiger partial charge is 0.317 e. The van der Waals surface area contributed by atoms with Gasteiger partial charge in [0.2, 0.25) is 0 Å². The maximum Gasteiger partial charge on any atom is 0.274 e. The van der Waals surface area contributed by atoms with Gasteiger partial charge in [-0.2, -0.15) is 5.10 Å². The Balaban J connectivity index is 1.85. The number of pyridine rings is 1. The molecule has 0 aliphatic carbocycles. The van der Waals surface area contributed by atoms with Crippen LogP contribution >= 0.6 is 0 Å². The van der Waals surface area contributed by atoms with Crippen LogP contribution in [0.3, 0.4) is 0 Å². The number of anilines is 1. The van der Waals surface area contributed by atoms with Crippen molar-refractivity contribution >= 4 is 11.6 Å². The van der Waals surface area contributed by atoms with Gasteiger partial charge in [-0.15, -0.1) is 0 Å². The SMILES string of the molecule is Cc1ccccc1Cn1nc(C)c(NC(=O)c2ccccn2)c1C. The van der Waals surface area contributed by atoms with Gasteiger partial charge in [0.25, 0.3) is 5.91 Å². The third-order valence-corrected chi connectivity index (χ3v) is 4.10. The molecule has 0 aliphatic rings. The molecule has 3 aromatic rings. The van der Waals surface area contributed by atoms with Crippen LogP contribution < -0.4 is 5.32 Å². The molecule has 0 saturated carbocycles. The number of hydrogen-bond donors (Lipinski definition) is 1. The summed E-state index contributed by atoms with van der Waals surface area (Å²) in [7, 11) is 0. The van der Waals surface area contributed by atoms with Gasteiger partial charge in [-0.05, 0) is 44.0 Å². The van der Waals surface area contributed by atoms with Crippen molar-refractivity contribution in [3.63, 3.8) is 0 Å². The molecule has 2 aromatic heterocycles. The molecule has 3 rings (SSSR count). The minimum Gasteiger partial charge on any atom is -0.317 e. The van der Waals surface area contributed by atoms with E-state index in [4.69, 9.17) is 0 Å². The fourth-order valence-electron chi connectivity index (χ4n) is 2.66. The number of rotatable bonds is 4. The van der Waals surface area contributed by atoms with E-state index in [1.165, 1.54) is 11.1 Å². The van der Waals surface area contributed by atoms with Crippen LogP contribution in [0.5, 0.6) is 0 Å². The molecule has 1 aromatic carbocycles. The van der Waals surface area contributed by atoms with Gasteiger partial charge in [0.05, 0.1) is 23.6 Å². The van der Waals surface area contributed by atoms with Crippen LogP contribution in [0.15, 0.2) is 48.7 Å².